The van der Waals surface area contributed by atoms with Crippen LogP contribution in [-0.2, 0) is 4.43 Å². The summed E-state index contributed by atoms with van der Waals surface area (Å²) in [5.41, 5.74) is 0. The van der Waals surface area contributed by atoms with Gasteiger partial charge in [-0.05, 0) is 41.6 Å². The van der Waals surface area contributed by atoms with Gasteiger partial charge in [0.05, 0.1) is 0 Å². The minimum Gasteiger partial charge on any atom is -0.404 e. The van der Waals surface area contributed by atoms with E-state index >= 15 is 0 Å². The third kappa shape index (κ3) is 4.92. The van der Waals surface area contributed by atoms with E-state index < -0.39 is 8.32 Å². The lowest BCUT2D eigenvalue weighted by molar-refractivity contribution is 0.156. The van der Waals surface area contributed by atoms with Gasteiger partial charge >= 0.3 is 0 Å². The van der Waals surface area contributed by atoms with E-state index in [4.69, 9.17) is 4.43 Å². The van der Waals surface area contributed by atoms with Crippen LogP contribution in [0.15, 0.2) is 86.0 Å². The van der Waals surface area contributed by atoms with Crippen molar-refractivity contribution in [1.29, 1.82) is 0 Å². The van der Waals surface area contributed by atoms with Gasteiger partial charge in [-0.2, -0.15) is 0 Å². The molecule has 0 N–H and O–H groups in total. The van der Waals surface area contributed by atoms with Crippen LogP contribution in [0.4, 0.5) is 0 Å². The van der Waals surface area contributed by atoms with Crippen molar-refractivity contribution in [3.05, 3.63) is 86.0 Å². The number of allylic oxidation sites excluding steroid dienone is 1. The van der Waals surface area contributed by atoms with E-state index in [1.807, 2.05) is 6.08 Å². The van der Waals surface area contributed by atoms with Gasteiger partial charge in [0, 0.05) is 12.0 Å². The predicted molar refractivity (Wildman–Crippen MR) is 126 cm³/mol. The molecule has 28 heavy (non-hydrogen) atoms. The lowest BCUT2D eigenvalue weighted by Gasteiger charge is -2.45. The van der Waals surface area contributed by atoms with Gasteiger partial charge in [-0.15, -0.1) is 13.2 Å². The fourth-order valence-corrected chi connectivity index (χ4v) is 8.85. The number of hydrogen-bond acceptors (Lipinski definition) is 1. The molecule has 0 aliphatic heterocycles. The number of hydrogen-bond donors (Lipinski definition) is 0. The van der Waals surface area contributed by atoms with E-state index in [0.29, 0.717) is 5.92 Å². The summed E-state index contributed by atoms with van der Waals surface area (Å²) in [7, 11) is -2.51. The average molecular weight is 393 g/mol. The molecule has 1 nitrogen and oxygen atoms in total. The van der Waals surface area contributed by atoms with Crippen molar-refractivity contribution >= 4 is 18.7 Å². The van der Waals surface area contributed by atoms with E-state index in [1.165, 1.54) is 10.4 Å². The summed E-state index contributed by atoms with van der Waals surface area (Å²) in [5, 5.41) is 2.65. The first-order valence-corrected chi connectivity index (χ1v) is 12.3. The Morgan fingerprint density at radius 1 is 0.929 bits per heavy atom. The Hall–Kier alpha value is -1.90. The predicted octanol–water partition coefficient (Wildman–Crippen LogP) is 6.11. The van der Waals surface area contributed by atoms with Crippen molar-refractivity contribution in [2.75, 3.05) is 0 Å². The molecule has 0 fully saturated rings. The van der Waals surface area contributed by atoms with Crippen LogP contribution in [0.5, 0.6) is 0 Å². The van der Waals surface area contributed by atoms with E-state index in [2.05, 4.69) is 108 Å². The fraction of sp³-hybridized carbons (Fsp3) is 0.385. The summed E-state index contributed by atoms with van der Waals surface area (Å²) < 4.78 is 7.20. The molecule has 0 aliphatic carbocycles. The molecular weight excluding hydrogens is 356 g/mol. The van der Waals surface area contributed by atoms with E-state index in [0.717, 1.165) is 19.3 Å². The molecule has 2 atom stereocenters. The maximum Gasteiger partial charge on any atom is 0.261 e. The molecule has 0 spiro atoms. The first-order chi connectivity index (χ1) is 13.4. The smallest absolute Gasteiger partial charge is 0.261 e. The Labute approximate surface area is 173 Å². The summed E-state index contributed by atoms with van der Waals surface area (Å²) in [4.78, 5) is 0. The first-order valence-electron chi connectivity index (χ1n) is 10.4. The highest BCUT2D eigenvalue weighted by atomic mass is 28.4. The molecule has 0 aliphatic rings. The van der Waals surface area contributed by atoms with Gasteiger partial charge in [-0.1, -0.05) is 93.6 Å². The molecule has 2 rings (SSSR count). The van der Waals surface area contributed by atoms with Crippen molar-refractivity contribution in [2.45, 2.75) is 58.1 Å². The van der Waals surface area contributed by atoms with Crippen LogP contribution >= 0.6 is 0 Å². The van der Waals surface area contributed by atoms with Crippen molar-refractivity contribution in [3.8, 4) is 0 Å². The van der Waals surface area contributed by atoms with E-state index in [9.17, 15) is 0 Å². The standard InChI is InChI=1S/C26H36OSi/c1-7-9-12-17-23(8-2)22(3)27-28(26(4,5)6,24-18-13-10-14-19-24)25-20-15-11-16-21-25/h7-8,10-11,13-16,18-23H,1-2,9,12,17H2,3-6H3/t22-,23+/m0/s1. The van der Waals surface area contributed by atoms with E-state index in [1.54, 1.807) is 0 Å². The second-order valence-electron chi connectivity index (χ2n) is 8.61. The van der Waals surface area contributed by atoms with Gasteiger partial charge in [0.2, 0.25) is 0 Å². The first kappa shape index (κ1) is 22.4. The quantitative estimate of drug-likeness (QED) is 0.269. The monoisotopic (exact) mass is 392 g/mol. The van der Waals surface area contributed by atoms with Crippen molar-refractivity contribution in [2.24, 2.45) is 5.92 Å². The molecule has 0 saturated carbocycles. The van der Waals surface area contributed by atoms with E-state index in [-0.39, 0.29) is 11.1 Å². The van der Waals surface area contributed by atoms with Gasteiger partial charge in [-0.25, -0.2) is 0 Å². The Balaban J connectivity index is 2.52. The lowest BCUT2D eigenvalue weighted by Crippen LogP contribution is -2.67. The second kappa shape index (κ2) is 10.0. The zero-order valence-electron chi connectivity index (χ0n) is 18.0. The van der Waals surface area contributed by atoms with Crippen LogP contribution in [0.3, 0.4) is 0 Å². The molecule has 0 saturated heterocycles. The molecule has 0 bridgehead atoms. The Bertz CT molecular complexity index is 691. The topological polar surface area (TPSA) is 9.23 Å². The summed E-state index contributed by atoms with van der Waals surface area (Å²) in [5.74, 6) is 0.335. The summed E-state index contributed by atoms with van der Waals surface area (Å²) in [6.07, 6.45) is 7.41. The highest BCUT2D eigenvalue weighted by Crippen LogP contribution is 2.38. The third-order valence-electron chi connectivity index (χ3n) is 5.63. The lowest BCUT2D eigenvalue weighted by atomic mass is 9.97. The molecule has 2 heteroatoms. The fourth-order valence-electron chi connectivity index (χ4n) is 4.10. The van der Waals surface area contributed by atoms with Crippen LogP contribution in [0.25, 0.3) is 0 Å². The number of rotatable bonds is 10. The van der Waals surface area contributed by atoms with Gasteiger partial charge < -0.3 is 4.43 Å². The maximum absolute atomic E-state index is 7.20. The molecular formula is C26H36OSi. The van der Waals surface area contributed by atoms with Crippen molar-refractivity contribution < 1.29 is 4.43 Å². The van der Waals surface area contributed by atoms with Crippen LogP contribution < -0.4 is 10.4 Å². The minimum absolute atomic E-state index is 0.00317. The largest absolute Gasteiger partial charge is 0.404 e. The molecule has 0 aromatic heterocycles. The summed E-state index contributed by atoms with van der Waals surface area (Å²) in [6, 6.07) is 21.7. The van der Waals surface area contributed by atoms with Gasteiger partial charge in [-0.3, -0.25) is 0 Å². The van der Waals surface area contributed by atoms with Crippen LogP contribution in [0.1, 0.15) is 47.0 Å². The molecule has 0 amide bonds. The van der Waals surface area contributed by atoms with Gasteiger partial charge in [0.1, 0.15) is 0 Å². The zero-order valence-corrected chi connectivity index (χ0v) is 19.0. The normalized spacial score (nSPS) is 14.3. The molecule has 150 valence electrons. The Morgan fingerprint density at radius 3 is 1.82 bits per heavy atom. The molecule has 0 radical (unpaired) electrons. The minimum atomic E-state index is -2.51. The molecule has 2 aromatic carbocycles. The molecule has 0 heterocycles. The zero-order chi connectivity index (χ0) is 20.6. The second-order valence-corrected chi connectivity index (χ2v) is 12.9. The van der Waals surface area contributed by atoms with Crippen LogP contribution in [-0.4, -0.2) is 14.4 Å². The molecule has 0 unspecified atom stereocenters. The number of benzene rings is 2. The van der Waals surface area contributed by atoms with Crippen LogP contribution in [0, 0.1) is 5.92 Å². The Kier molecular flexibility index (Phi) is 8.03. The maximum atomic E-state index is 7.20. The van der Waals surface area contributed by atoms with Crippen molar-refractivity contribution in [3.63, 3.8) is 0 Å². The van der Waals surface area contributed by atoms with Gasteiger partial charge in [0.15, 0.2) is 0 Å². The summed E-state index contributed by atoms with van der Waals surface area (Å²) in [6.45, 7) is 17.2. The Morgan fingerprint density at radius 2 is 1.43 bits per heavy atom. The highest BCUT2D eigenvalue weighted by molar-refractivity contribution is 6.99. The SMILES string of the molecule is C=CCCC[C@@H](C=C)[C@H](C)O[Si](c1ccccc1)(c1ccccc1)C(C)(C)C. The highest BCUT2D eigenvalue weighted by Gasteiger charge is 2.51. The third-order valence-corrected chi connectivity index (χ3v) is 10.8. The van der Waals surface area contributed by atoms with Gasteiger partial charge in [0.25, 0.3) is 8.32 Å². The summed E-state index contributed by atoms with van der Waals surface area (Å²) >= 11 is 0. The van der Waals surface area contributed by atoms with Crippen LogP contribution in [0.2, 0.25) is 5.04 Å². The average Bonchev–Trinajstić information content (AvgIpc) is 2.69. The number of unbranched alkanes of at least 4 members (excludes halogenated alkanes) is 1. The molecule has 2 aromatic rings. The van der Waals surface area contributed by atoms with Crippen molar-refractivity contribution in [1.82, 2.24) is 0 Å².